The van der Waals surface area contributed by atoms with E-state index < -0.39 is 15.8 Å². The van der Waals surface area contributed by atoms with Gasteiger partial charge >= 0.3 is 5.97 Å². The molecule has 1 aromatic carbocycles. The monoisotopic (exact) mass is 491 g/mol. The Morgan fingerprint density at radius 1 is 1.16 bits per heavy atom. The Morgan fingerprint density at radius 2 is 1.81 bits per heavy atom. The number of thioether (sulfide) groups is 1. The molecule has 1 N–H and O–H groups in total. The lowest BCUT2D eigenvalue weighted by Gasteiger charge is -2.32. The van der Waals surface area contributed by atoms with Crippen LogP contribution in [0.2, 0.25) is 0 Å². The topological polar surface area (TPSA) is 105 Å². The van der Waals surface area contributed by atoms with E-state index in [1.54, 1.807) is 35.2 Å². The maximum Gasteiger partial charge on any atom is 0.306 e. The van der Waals surface area contributed by atoms with Gasteiger partial charge < -0.3 is 9.52 Å². The number of furan rings is 1. The van der Waals surface area contributed by atoms with Crippen LogP contribution < -0.4 is 0 Å². The molecule has 2 aromatic rings. The molecule has 0 bridgehead atoms. The Kier molecular flexibility index (Phi) is 6.28. The number of carbonyl (C=O) groups excluding carboxylic acids is 1. The zero-order chi connectivity index (χ0) is 23.0. The Labute approximate surface area is 195 Å². The van der Waals surface area contributed by atoms with E-state index in [1.165, 1.54) is 23.9 Å². The number of carbonyl (C=O) groups is 2. The molecule has 4 rings (SSSR count). The minimum Gasteiger partial charge on any atom is -0.481 e. The summed E-state index contributed by atoms with van der Waals surface area (Å²) in [5.41, 5.74) is 0.722. The van der Waals surface area contributed by atoms with E-state index in [0.29, 0.717) is 46.4 Å². The van der Waals surface area contributed by atoms with Gasteiger partial charge in [-0.25, -0.2) is 8.42 Å². The molecule has 10 heteroatoms. The molecule has 168 valence electrons. The summed E-state index contributed by atoms with van der Waals surface area (Å²) in [5.74, 6) is -0.281. The molecule has 0 spiro atoms. The van der Waals surface area contributed by atoms with Crippen molar-refractivity contribution in [2.45, 2.75) is 36.6 Å². The Bertz CT molecular complexity index is 1200. The fourth-order valence-corrected chi connectivity index (χ4v) is 5.97. The molecule has 32 heavy (non-hydrogen) atoms. The highest BCUT2D eigenvalue weighted by Crippen LogP contribution is 2.38. The molecule has 1 aromatic heterocycles. The number of benzene rings is 1. The number of carboxylic acids is 1. The van der Waals surface area contributed by atoms with Gasteiger partial charge in [-0.05, 0) is 62.1 Å². The van der Waals surface area contributed by atoms with Crippen molar-refractivity contribution in [1.82, 2.24) is 4.90 Å². The molecule has 1 aliphatic heterocycles. The standard InChI is InChI=1S/C22H21NO6S3/c1-32(27,28)17-9-4-13(5-10-17)18-11-8-16(29-18)12-19-20(24)23(22(30)31-19)15-6-2-14(3-7-15)21(25)26/h4-5,8-12,14-15H,2-3,6-7H2,1H3,(H,25,26). The van der Waals surface area contributed by atoms with E-state index >= 15 is 0 Å². The largest absolute Gasteiger partial charge is 0.481 e. The van der Waals surface area contributed by atoms with Crippen molar-refractivity contribution in [3.63, 3.8) is 0 Å². The number of carboxylic acid groups (broad SMARTS) is 1. The van der Waals surface area contributed by atoms with Crippen LogP contribution in [0.3, 0.4) is 0 Å². The van der Waals surface area contributed by atoms with Crippen molar-refractivity contribution in [3.8, 4) is 11.3 Å². The number of hydrogen-bond acceptors (Lipinski definition) is 7. The van der Waals surface area contributed by atoms with Crippen molar-refractivity contribution in [3.05, 3.63) is 47.1 Å². The maximum atomic E-state index is 13.0. The van der Waals surface area contributed by atoms with Gasteiger partial charge in [-0.15, -0.1) is 0 Å². The average molecular weight is 492 g/mol. The van der Waals surface area contributed by atoms with Gasteiger partial charge in [-0.3, -0.25) is 14.5 Å². The maximum absolute atomic E-state index is 13.0. The Hall–Kier alpha value is -2.43. The van der Waals surface area contributed by atoms with Gasteiger partial charge in [0.05, 0.1) is 15.7 Å². The molecule has 0 unspecified atom stereocenters. The molecule has 7 nitrogen and oxygen atoms in total. The van der Waals surface area contributed by atoms with Gasteiger partial charge in [0.25, 0.3) is 5.91 Å². The summed E-state index contributed by atoms with van der Waals surface area (Å²) < 4.78 is 29.6. The fourth-order valence-electron chi connectivity index (χ4n) is 3.96. The lowest BCUT2D eigenvalue weighted by molar-refractivity contribution is -0.143. The van der Waals surface area contributed by atoms with Crippen LogP contribution in [0.15, 0.2) is 50.6 Å². The Morgan fingerprint density at radius 3 is 2.41 bits per heavy atom. The second-order valence-electron chi connectivity index (χ2n) is 7.89. The van der Waals surface area contributed by atoms with Gasteiger partial charge in [-0.1, -0.05) is 24.0 Å². The number of nitrogens with zero attached hydrogens (tertiary/aromatic N) is 1. The molecular formula is C22H21NO6S3. The number of aliphatic carboxylic acids is 1. The first-order valence-corrected chi connectivity index (χ1v) is 13.2. The highest BCUT2D eigenvalue weighted by molar-refractivity contribution is 8.26. The quantitative estimate of drug-likeness (QED) is 0.490. The third-order valence-corrected chi connectivity index (χ3v) is 8.16. The number of sulfone groups is 1. The van der Waals surface area contributed by atoms with Crippen LogP contribution in [-0.4, -0.2) is 46.9 Å². The second kappa shape index (κ2) is 8.84. The first kappa shape index (κ1) is 22.8. The zero-order valence-corrected chi connectivity index (χ0v) is 19.6. The summed E-state index contributed by atoms with van der Waals surface area (Å²) in [7, 11) is -3.27. The van der Waals surface area contributed by atoms with Gasteiger partial charge in [0.2, 0.25) is 0 Å². The van der Waals surface area contributed by atoms with Crippen molar-refractivity contribution >= 4 is 56.1 Å². The summed E-state index contributed by atoms with van der Waals surface area (Å²) in [6.07, 6.45) is 5.11. The summed E-state index contributed by atoms with van der Waals surface area (Å²) >= 11 is 6.64. The Balaban J connectivity index is 1.48. The molecule has 1 aliphatic carbocycles. The third kappa shape index (κ3) is 4.67. The van der Waals surface area contributed by atoms with Gasteiger partial charge in [0, 0.05) is 23.9 Å². The smallest absolute Gasteiger partial charge is 0.306 e. The van der Waals surface area contributed by atoms with Crippen molar-refractivity contribution in [2.75, 3.05) is 6.26 Å². The molecule has 1 amide bonds. The predicted molar refractivity (Wildman–Crippen MR) is 126 cm³/mol. The summed E-state index contributed by atoms with van der Waals surface area (Å²) in [5, 5.41) is 9.18. The summed E-state index contributed by atoms with van der Waals surface area (Å²) in [6, 6.07) is 9.82. The molecule has 0 atom stereocenters. The SMILES string of the molecule is CS(=O)(=O)c1ccc(-c2ccc(C=C3SC(=S)N(C4CCC(C(=O)O)CC4)C3=O)o2)cc1. The minimum atomic E-state index is -3.27. The molecule has 0 radical (unpaired) electrons. The average Bonchev–Trinajstić information content (AvgIpc) is 3.32. The predicted octanol–water partition coefficient (Wildman–Crippen LogP) is 4.19. The lowest BCUT2D eigenvalue weighted by Crippen LogP contribution is -2.41. The van der Waals surface area contributed by atoms with Crippen LogP contribution in [0.5, 0.6) is 0 Å². The van der Waals surface area contributed by atoms with Crippen molar-refractivity contribution < 1.29 is 27.5 Å². The van der Waals surface area contributed by atoms with Crippen LogP contribution in [0.1, 0.15) is 31.4 Å². The normalized spacial score (nSPS) is 23.2. The van der Waals surface area contributed by atoms with E-state index in [9.17, 15) is 23.1 Å². The van der Waals surface area contributed by atoms with Gasteiger partial charge in [-0.2, -0.15) is 0 Å². The van der Waals surface area contributed by atoms with Crippen LogP contribution in [0.4, 0.5) is 0 Å². The van der Waals surface area contributed by atoms with E-state index in [-0.39, 0.29) is 22.8 Å². The second-order valence-corrected chi connectivity index (χ2v) is 11.6. The third-order valence-electron chi connectivity index (χ3n) is 5.70. The van der Waals surface area contributed by atoms with E-state index in [4.69, 9.17) is 16.6 Å². The van der Waals surface area contributed by atoms with Gasteiger partial charge in [0.15, 0.2) is 9.84 Å². The van der Waals surface area contributed by atoms with Gasteiger partial charge in [0.1, 0.15) is 15.8 Å². The molecule has 1 saturated carbocycles. The van der Waals surface area contributed by atoms with Crippen LogP contribution >= 0.6 is 24.0 Å². The highest BCUT2D eigenvalue weighted by Gasteiger charge is 2.39. The highest BCUT2D eigenvalue weighted by atomic mass is 32.2. The van der Waals surface area contributed by atoms with Crippen LogP contribution in [-0.2, 0) is 19.4 Å². The fraction of sp³-hybridized carbons (Fsp3) is 0.318. The first-order chi connectivity index (χ1) is 15.1. The number of amides is 1. The number of thiocarbonyl (C=S) groups is 1. The molecule has 2 aliphatic rings. The van der Waals surface area contributed by atoms with E-state index in [1.807, 2.05) is 0 Å². The lowest BCUT2D eigenvalue weighted by atomic mass is 9.85. The molecular weight excluding hydrogens is 470 g/mol. The molecule has 2 fully saturated rings. The van der Waals surface area contributed by atoms with Crippen molar-refractivity contribution in [1.29, 1.82) is 0 Å². The first-order valence-electron chi connectivity index (χ1n) is 10.0. The van der Waals surface area contributed by atoms with Crippen LogP contribution in [0.25, 0.3) is 17.4 Å². The minimum absolute atomic E-state index is 0.0791. The summed E-state index contributed by atoms with van der Waals surface area (Å²) in [4.78, 5) is 26.5. The molecule has 2 heterocycles. The van der Waals surface area contributed by atoms with E-state index in [2.05, 4.69) is 0 Å². The zero-order valence-electron chi connectivity index (χ0n) is 17.2. The summed E-state index contributed by atoms with van der Waals surface area (Å²) in [6.45, 7) is 0. The van der Waals surface area contributed by atoms with Crippen LogP contribution in [0, 0.1) is 5.92 Å². The number of rotatable bonds is 5. The van der Waals surface area contributed by atoms with E-state index in [0.717, 1.165) is 11.8 Å². The van der Waals surface area contributed by atoms with Crippen molar-refractivity contribution in [2.24, 2.45) is 5.92 Å². The number of hydrogen-bond donors (Lipinski definition) is 1. The molecule has 1 saturated heterocycles.